The summed E-state index contributed by atoms with van der Waals surface area (Å²) in [4.78, 5) is 12.8. The number of amides is 1. The number of rotatable bonds is 6. The van der Waals surface area contributed by atoms with Crippen LogP contribution >= 0.6 is 0 Å². The molecular weight excluding hydrogens is 384 g/mol. The number of carbonyl (C=O) groups excluding carboxylic acids is 1. The molecule has 0 radical (unpaired) electrons. The van der Waals surface area contributed by atoms with E-state index in [-0.39, 0.29) is 16.8 Å². The summed E-state index contributed by atoms with van der Waals surface area (Å²) < 4.78 is 27.3. The van der Waals surface area contributed by atoms with E-state index in [2.05, 4.69) is 16.1 Å². The van der Waals surface area contributed by atoms with Gasteiger partial charge in [-0.25, -0.2) is 8.42 Å². The molecule has 3 aromatic rings. The zero-order valence-electron chi connectivity index (χ0n) is 16.6. The zero-order valence-corrected chi connectivity index (χ0v) is 17.5. The fraction of sp³-hybridized carbons (Fsp3) is 0.174. The van der Waals surface area contributed by atoms with Crippen molar-refractivity contribution in [3.05, 3.63) is 95.1 Å². The summed E-state index contributed by atoms with van der Waals surface area (Å²) in [5.74, 6) is -0.212. The molecule has 0 bridgehead atoms. The molecule has 0 aliphatic heterocycles. The van der Waals surface area contributed by atoms with Gasteiger partial charge in [0.05, 0.1) is 10.9 Å². The number of carbonyl (C=O) groups is 1. The van der Waals surface area contributed by atoms with Gasteiger partial charge in [0.1, 0.15) is 0 Å². The fourth-order valence-corrected chi connectivity index (χ4v) is 4.17. The number of hydrogen-bond acceptors (Lipinski definition) is 3. The molecule has 0 heterocycles. The average molecular weight is 409 g/mol. The summed E-state index contributed by atoms with van der Waals surface area (Å²) in [6.45, 7) is 5.99. The van der Waals surface area contributed by atoms with E-state index in [1.54, 1.807) is 42.5 Å². The molecule has 5 nitrogen and oxygen atoms in total. The van der Waals surface area contributed by atoms with Crippen LogP contribution in [0.3, 0.4) is 0 Å². The lowest BCUT2D eigenvalue weighted by molar-refractivity contribution is 0.0940. The highest BCUT2D eigenvalue weighted by molar-refractivity contribution is 7.92. The van der Waals surface area contributed by atoms with Crippen LogP contribution in [0.4, 0.5) is 5.69 Å². The second kappa shape index (κ2) is 8.49. The van der Waals surface area contributed by atoms with Gasteiger partial charge in [0.25, 0.3) is 15.9 Å². The van der Waals surface area contributed by atoms with E-state index < -0.39 is 10.0 Å². The molecule has 3 rings (SSSR count). The van der Waals surface area contributed by atoms with Crippen LogP contribution in [0.5, 0.6) is 0 Å². The minimum atomic E-state index is -3.66. The average Bonchev–Trinajstić information content (AvgIpc) is 2.70. The first-order valence-electron chi connectivity index (χ1n) is 9.32. The maximum Gasteiger partial charge on any atom is 0.261 e. The van der Waals surface area contributed by atoms with E-state index in [1.807, 2.05) is 32.9 Å². The number of sulfonamides is 1. The van der Waals surface area contributed by atoms with Gasteiger partial charge in [-0.2, -0.15) is 0 Å². The van der Waals surface area contributed by atoms with Crippen molar-refractivity contribution < 1.29 is 13.2 Å². The van der Waals surface area contributed by atoms with Crippen molar-refractivity contribution in [2.75, 3.05) is 4.72 Å². The molecule has 2 N–H and O–H groups in total. The van der Waals surface area contributed by atoms with Crippen molar-refractivity contribution in [2.45, 2.75) is 31.7 Å². The molecule has 0 saturated heterocycles. The number of anilines is 1. The molecule has 0 aliphatic rings. The Morgan fingerprint density at radius 3 is 2.21 bits per heavy atom. The summed E-state index contributed by atoms with van der Waals surface area (Å²) in [5.41, 5.74) is 4.19. The van der Waals surface area contributed by atoms with E-state index in [9.17, 15) is 13.2 Å². The molecule has 0 saturated carbocycles. The van der Waals surface area contributed by atoms with Gasteiger partial charge in [-0.05, 0) is 68.3 Å². The third kappa shape index (κ3) is 5.03. The summed E-state index contributed by atoms with van der Waals surface area (Å²) >= 11 is 0. The predicted molar refractivity (Wildman–Crippen MR) is 115 cm³/mol. The highest BCUT2D eigenvalue weighted by Gasteiger charge is 2.15. The number of benzene rings is 3. The number of nitrogens with one attached hydrogen (secondary N) is 2. The summed E-state index contributed by atoms with van der Waals surface area (Å²) in [6.07, 6.45) is 0. The van der Waals surface area contributed by atoms with Gasteiger partial charge < -0.3 is 5.32 Å². The third-order valence-electron chi connectivity index (χ3n) is 4.70. The molecule has 0 spiro atoms. The van der Waals surface area contributed by atoms with Crippen LogP contribution in [-0.2, 0) is 10.0 Å². The second-order valence-corrected chi connectivity index (χ2v) is 8.73. The smallest absolute Gasteiger partial charge is 0.261 e. The highest BCUT2D eigenvalue weighted by Crippen LogP contribution is 2.20. The van der Waals surface area contributed by atoms with Gasteiger partial charge in [-0.3, -0.25) is 9.52 Å². The van der Waals surface area contributed by atoms with Crippen molar-refractivity contribution in [2.24, 2.45) is 0 Å². The van der Waals surface area contributed by atoms with Crippen LogP contribution in [-0.4, -0.2) is 14.3 Å². The molecular formula is C23H24N2O3S. The van der Waals surface area contributed by atoms with Crippen LogP contribution in [0.2, 0.25) is 0 Å². The van der Waals surface area contributed by atoms with Gasteiger partial charge in [0.2, 0.25) is 0 Å². The number of aryl methyl sites for hydroxylation is 2. The van der Waals surface area contributed by atoms with Crippen molar-refractivity contribution in [1.29, 1.82) is 0 Å². The Morgan fingerprint density at radius 1 is 0.897 bits per heavy atom. The van der Waals surface area contributed by atoms with Gasteiger partial charge in [-0.15, -0.1) is 0 Å². The molecule has 6 heteroatoms. The van der Waals surface area contributed by atoms with Gasteiger partial charge in [-0.1, -0.05) is 42.0 Å². The van der Waals surface area contributed by atoms with E-state index in [0.717, 1.165) is 16.7 Å². The molecule has 0 fully saturated rings. The Hall–Kier alpha value is -3.12. The maximum absolute atomic E-state index is 12.6. The van der Waals surface area contributed by atoms with Crippen LogP contribution in [0.25, 0.3) is 0 Å². The Kier molecular flexibility index (Phi) is 6.03. The lowest BCUT2D eigenvalue weighted by Gasteiger charge is -2.17. The third-order valence-corrected chi connectivity index (χ3v) is 6.10. The SMILES string of the molecule is Cc1ccc(C)c([C@@H](C)NC(=O)c2ccc(NS(=O)(=O)c3ccccc3)cc2)c1. The first-order valence-corrected chi connectivity index (χ1v) is 10.8. The van der Waals surface area contributed by atoms with E-state index in [0.29, 0.717) is 11.3 Å². The Morgan fingerprint density at radius 2 is 1.55 bits per heavy atom. The van der Waals surface area contributed by atoms with Crippen molar-refractivity contribution >= 4 is 21.6 Å². The zero-order chi connectivity index (χ0) is 21.0. The van der Waals surface area contributed by atoms with Crippen molar-refractivity contribution in [3.8, 4) is 0 Å². The first kappa shape index (κ1) is 20.6. The monoisotopic (exact) mass is 408 g/mol. The van der Waals surface area contributed by atoms with E-state index in [4.69, 9.17) is 0 Å². The summed E-state index contributed by atoms with van der Waals surface area (Å²) in [5, 5.41) is 3.00. The van der Waals surface area contributed by atoms with Gasteiger partial charge >= 0.3 is 0 Å². The predicted octanol–water partition coefficient (Wildman–Crippen LogP) is 4.60. The molecule has 0 unspecified atom stereocenters. The lowest BCUT2D eigenvalue weighted by atomic mass is 9.99. The van der Waals surface area contributed by atoms with Crippen LogP contribution in [0.1, 0.15) is 40.0 Å². The molecule has 29 heavy (non-hydrogen) atoms. The van der Waals surface area contributed by atoms with Crippen LogP contribution < -0.4 is 10.0 Å². The standard InChI is InChI=1S/C23H24N2O3S/c1-16-9-10-17(2)22(15-16)18(3)24-23(26)19-11-13-20(14-12-19)25-29(27,28)21-7-5-4-6-8-21/h4-15,18,25H,1-3H3,(H,24,26)/t18-/m1/s1. The summed E-state index contributed by atoms with van der Waals surface area (Å²) in [7, 11) is -3.66. The van der Waals surface area contributed by atoms with Crippen molar-refractivity contribution in [3.63, 3.8) is 0 Å². The maximum atomic E-state index is 12.6. The van der Waals surface area contributed by atoms with E-state index >= 15 is 0 Å². The van der Waals surface area contributed by atoms with E-state index in [1.165, 1.54) is 12.1 Å². The summed E-state index contributed by atoms with van der Waals surface area (Å²) in [6, 6.07) is 20.5. The minimum Gasteiger partial charge on any atom is -0.346 e. The highest BCUT2D eigenvalue weighted by atomic mass is 32.2. The van der Waals surface area contributed by atoms with Crippen LogP contribution in [0.15, 0.2) is 77.7 Å². The normalized spacial score (nSPS) is 12.2. The van der Waals surface area contributed by atoms with Gasteiger partial charge in [0.15, 0.2) is 0 Å². The molecule has 1 atom stereocenters. The molecule has 150 valence electrons. The molecule has 0 aromatic heterocycles. The second-order valence-electron chi connectivity index (χ2n) is 7.05. The Balaban J connectivity index is 1.70. The first-order chi connectivity index (χ1) is 13.8. The van der Waals surface area contributed by atoms with Crippen LogP contribution in [0, 0.1) is 13.8 Å². The molecule has 1 amide bonds. The minimum absolute atomic E-state index is 0.140. The Bertz CT molecular complexity index is 1110. The fourth-order valence-electron chi connectivity index (χ4n) is 3.09. The number of hydrogen-bond donors (Lipinski definition) is 2. The van der Waals surface area contributed by atoms with Gasteiger partial charge in [0, 0.05) is 11.3 Å². The Labute approximate surface area is 171 Å². The topological polar surface area (TPSA) is 75.3 Å². The van der Waals surface area contributed by atoms with Crippen molar-refractivity contribution in [1.82, 2.24) is 5.32 Å². The molecule has 0 aliphatic carbocycles. The quantitative estimate of drug-likeness (QED) is 0.626. The largest absolute Gasteiger partial charge is 0.346 e. The molecule has 3 aromatic carbocycles. The lowest BCUT2D eigenvalue weighted by Crippen LogP contribution is -2.27.